The van der Waals surface area contributed by atoms with Crippen molar-refractivity contribution in [1.82, 2.24) is 21.3 Å². The van der Waals surface area contributed by atoms with Crippen molar-refractivity contribution in [3.05, 3.63) is 60.2 Å². The van der Waals surface area contributed by atoms with Crippen molar-refractivity contribution in [3.8, 4) is 0 Å². The fourth-order valence-corrected chi connectivity index (χ4v) is 3.77. The third-order valence-corrected chi connectivity index (χ3v) is 5.49. The summed E-state index contributed by atoms with van der Waals surface area (Å²) in [5.74, 6) is 1.02. The summed E-state index contributed by atoms with van der Waals surface area (Å²) in [6.07, 6.45) is 13.6. The summed E-state index contributed by atoms with van der Waals surface area (Å²) in [7, 11) is 0. The summed E-state index contributed by atoms with van der Waals surface area (Å²) in [4.78, 5) is 0. The highest BCUT2D eigenvalue weighted by Crippen LogP contribution is 2.29. The number of nitrogens with one attached hydrogen (secondary N) is 4. The number of rotatable bonds is 18. The number of hydrogen-bond donors (Lipinski definition) is 5. The molecule has 2 rings (SSSR count). The van der Waals surface area contributed by atoms with Gasteiger partial charge in [0.05, 0.1) is 0 Å². The van der Waals surface area contributed by atoms with Gasteiger partial charge in [0.2, 0.25) is 0 Å². The highest BCUT2D eigenvalue weighted by atomic mass is 14.9. The van der Waals surface area contributed by atoms with Crippen LogP contribution >= 0.6 is 0 Å². The predicted molar refractivity (Wildman–Crippen MR) is 130 cm³/mol. The molecule has 0 spiro atoms. The molecule has 30 heavy (non-hydrogen) atoms. The van der Waals surface area contributed by atoms with Crippen LogP contribution in [0.3, 0.4) is 0 Å². The summed E-state index contributed by atoms with van der Waals surface area (Å²) < 4.78 is 0. The molecule has 5 nitrogen and oxygen atoms in total. The predicted octanol–water partition coefficient (Wildman–Crippen LogP) is 2.39. The Morgan fingerprint density at radius 3 is 1.77 bits per heavy atom. The first kappa shape index (κ1) is 24.8. The van der Waals surface area contributed by atoms with E-state index < -0.39 is 0 Å². The Morgan fingerprint density at radius 1 is 0.633 bits per heavy atom. The molecule has 0 fully saturated rings. The Balaban J connectivity index is 1.39. The zero-order valence-corrected chi connectivity index (χ0v) is 18.6. The quantitative estimate of drug-likeness (QED) is 0.239. The van der Waals surface area contributed by atoms with Gasteiger partial charge in [-0.2, -0.15) is 0 Å². The van der Waals surface area contributed by atoms with Crippen molar-refractivity contribution in [3.63, 3.8) is 0 Å². The molecule has 2 unspecified atom stereocenters. The van der Waals surface area contributed by atoms with Crippen molar-refractivity contribution in [1.29, 1.82) is 0 Å². The molecule has 5 heteroatoms. The third kappa shape index (κ3) is 11.0. The second kappa shape index (κ2) is 17.2. The van der Waals surface area contributed by atoms with E-state index >= 15 is 0 Å². The molecular formula is C25H43N5. The molecular weight excluding hydrogens is 370 g/mol. The van der Waals surface area contributed by atoms with Gasteiger partial charge in [-0.1, -0.05) is 54.6 Å². The molecule has 1 aromatic rings. The molecule has 168 valence electrons. The molecule has 0 heterocycles. The first-order valence-electron chi connectivity index (χ1n) is 11.8. The first-order valence-corrected chi connectivity index (χ1v) is 11.8. The smallest absolute Gasteiger partial charge is 0.00962 e. The zero-order valence-electron chi connectivity index (χ0n) is 18.6. The maximum absolute atomic E-state index is 5.47. The lowest BCUT2D eigenvalue weighted by Crippen LogP contribution is -2.29. The third-order valence-electron chi connectivity index (χ3n) is 5.49. The average molecular weight is 414 g/mol. The molecule has 0 amide bonds. The number of hydrogen-bond acceptors (Lipinski definition) is 5. The van der Waals surface area contributed by atoms with Gasteiger partial charge < -0.3 is 27.0 Å². The van der Waals surface area contributed by atoms with E-state index in [0.29, 0.717) is 11.8 Å². The summed E-state index contributed by atoms with van der Waals surface area (Å²) in [5, 5.41) is 14.1. The Hall–Kier alpha value is -1.50. The molecule has 1 aromatic carbocycles. The van der Waals surface area contributed by atoms with Crippen LogP contribution in [-0.2, 0) is 0 Å². The van der Waals surface area contributed by atoms with E-state index in [1.807, 2.05) is 0 Å². The average Bonchev–Trinajstić information content (AvgIpc) is 2.79. The highest BCUT2D eigenvalue weighted by Gasteiger charge is 2.19. The lowest BCUT2D eigenvalue weighted by atomic mass is 9.83. The van der Waals surface area contributed by atoms with Crippen molar-refractivity contribution in [2.24, 2.45) is 11.7 Å². The molecule has 6 N–H and O–H groups in total. The van der Waals surface area contributed by atoms with Gasteiger partial charge in [-0.25, -0.2) is 0 Å². The van der Waals surface area contributed by atoms with Gasteiger partial charge in [0.25, 0.3) is 0 Å². The molecule has 0 aromatic heterocycles. The van der Waals surface area contributed by atoms with E-state index in [1.54, 1.807) is 0 Å². The van der Waals surface area contributed by atoms with Crippen LogP contribution < -0.4 is 27.0 Å². The Bertz CT molecular complexity index is 572. The van der Waals surface area contributed by atoms with Crippen molar-refractivity contribution in [2.75, 3.05) is 58.9 Å². The maximum atomic E-state index is 5.47. The minimum atomic E-state index is 0.482. The van der Waals surface area contributed by atoms with Gasteiger partial charge in [0.15, 0.2) is 0 Å². The van der Waals surface area contributed by atoms with Crippen LogP contribution in [0.5, 0.6) is 0 Å². The standard InChI is InChI=1S/C25H43N5/c26-14-6-15-27-16-7-17-28-18-8-19-29-20-9-21-30-22-24-12-4-5-13-25(24)23-10-2-1-3-11-23/h1-5,10-13,24-25,27-30H,6-9,14-22,26H2. The fourth-order valence-electron chi connectivity index (χ4n) is 3.77. The van der Waals surface area contributed by atoms with Crippen molar-refractivity contribution in [2.45, 2.75) is 31.6 Å². The van der Waals surface area contributed by atoms with Crippen LogP contribution in [0.4, 0.5) is 0 Å². The minimum absolute atomic E-state index is 0.482. The normalized spacial score (nSPS) is 18.2. The van der Waals surface area contributed by atoms with Gasteiger partial charge in [-0.3, -0.25) is 0 Å². The zero-order chi connectivity index (χ0) is 21.1. The van der Waals surface area contributed by atoms with E-state index in [4.69, 9.17) is 5.73 Å². The van der Waals surface area contributed by atoms with Crippen molar-refractivity contribution >= 4 is 0 Å². The molecule has 2 atom stereocenters. The Labute approximate surface area is 184 Å². The summed E-state index contributed by atoms with van der Waals surface area (Å²) in [6.45, 7) is 9.36. The lowest BCUT2D eigenvalue weighted by molar-refractivity contribution is 0.499. The van der Waals surface area contributed by atoms with Gasteiger partial charge in [0, 0.05) is 12.5 Å². The molecule has 0 radical (unpaired) electrons. The highest BCUT2D eigenvalue weighted by molar-refractivity contribution is 5.30. The largest absolute Gasteiger partial charge is 0.330 e. The number of allylic oxidation sites excluding steroid dienone is 3. The van der Waals surface area contributed by atoms with E-state index in [2.05, 4.69) is 75.9 Å². The topological polar surface area (TPSA) is 74.1 Å². The van der Waals surface area contributed by atoms with Crippen LogP contribution in [0, 0.1) is 5.92 Å². The van der Waals surface area contributed by atoms with E-state index in [9.17, 15) is 0 Å². The maximum Gasteiger partial charge on any atom is 0.00962 e. The Kier molecular flexibility index (Phi) is 14.2. The molecule has 0 saturated heterocycles. The molecule has 1 aliphatic carbocycles. The Morgan fingerprint density at radius 2 is 1.17 bits per heavy atom. The van der Waals surface area contributed by atoms with Gasteiger partial charge in [0.1, 0.15) is 0 Å². The van der Waals surface area contributed by atoms with Crippen LogP contribution in [-0.4, -0.2) is 58.9 Å². The van der Waals surface area contributed by atoms with Gasteiger partial charge in [-0.15, -0.1) is 0 Å². The SMILES string of the molecule is NCCCNCCCNCCCNCCCNCC1C=CC=CC1c1ccccc1. The van der Waals surface area contributed by atoms with Gasteiger partial charge >= 0.3 is 0 Å². The lowest BCUT2D eigenvalue weighted by Gasteiger charge is -2.25. The second-order valence-corrected chi connectivity index (χ2v) is 8.03. The minimum Gasteiger partial charge on any atom is -0.330 e. The van der Waals surface area contributed by atoms with E-state index in [1.165, 1.54) is 24.8 Å². The number of nitrogens with two attached hydrogens (primary N) is 1. The van der Waals surface area contributed by atoms with E-state index in [-0.39, 0.29) is 0 Å². The molecule has 0 bridgehead atoms. The summed E-state index contributed by atoms with van der Waals surface area (Å²) in [6, 6.07) is 10.8. The first-order chi connectivity index (χ1) is 14.9. The van der Waals surface area contributed by atoms with E-state index in [0.717, 1.165) is 65.3 Å². The number of benzene rings is 1. The van der Waals surface area contributed by atoms with Gasteiger partial charge in [-0.05, 0) is 89.5 Å². The fraction of sp³-hybridized carbons (Fsp3) is 0.600. The monoisotopic (exact) mass is 413 g/mol. The van der Waals surface area contributed by atoms with Crippen molar-refractivity contribution < 1.29 is 0 Å². The van der Waals surface area contributed by atoms with Crippen LogP contribution in [0.1, 0.15) is 37.2 Å². The van der Waals surface area contributed by atoms with Crippen LogP contribution in [0.2, 0.25) is 0 Å². The molecule has 1 aliphatic rings. The summed E-state index contributed by atoms with van der Waals surface area (Å²) in [5.41, 5.74) is 6.88. The van der Waals surface area contributed by atoms with Crippen LogP contribution in [0.25, 0.3) is 0 Å². The second-order valence-electron chi connectivity index (χ2n) is 8.03. The van der Waals surface area contributed by atoms with Crippen LogP contribution in [0.15, 0.2) is 54.6 Å². The molecule has 0 aliphatic heterocycles. The molecule has 0 saturated carbocycles. The summed E-state index contributed by atoms with van der Waals surface area (Å²) >= 11 is 0.